The van der Waals surface area contributed by atoms with Gasteiger partial charge in [0.15, 0.2) is 30.4 Å². The Morgan fingerprint density at radius 1 is 0.948 bits per heavy atom. The van der Waals surface area contributed by atoms with E-state index in [0.717, 1.165) is 0 Å². The molecule has 4 fully saturated rings. The lowest BCUT2D eigenvalue weighted by Crippen LogP contribution is -2.65. The summed E-state index contributed by atoms with van der Waals surface area (Å²) >= 11 is 0. The minimum Gasteiger partial charge on any atom is -0.507 e. The van der Waals surface area contributed by atoms with Crippen molar-refractivity contribution in [2.75, 3.05) is 27.8 Å². The summed E-state index contributed by atoms with van der Waals surface area (Å²) in [4.78, 5) is 55.7. The smallest absolute Gasteiger partial charge is 0.316 e. The minimum absolute atomic E-state index is 0.0333. The number of phenolic OH excluding ortho intramolecular Hbond substituents is 2. The van der Waals surface area contributed by atoms with Gasteiger partial charge in [-0.15, -0.1) is 0 Å². The van der Waals surface area contributed by atoms with Gasteiger partial charge in [-0.05, 0) is 52.1 Å². The van der Waals surface area contributed by atoms with Crippen LogP contribution in [0.15, 0.2) is 24.3 Å². The fourth-order valence-electron chi connectivity index (χ4n) is 9.69. The molecule has 0 amide bonds. The lowest BCUT2D eigenvalue weighted by molar-refractivity contribution is -0.386. The number of nitrogens with zero attached hydrogens (tertiary/aromatic N) is 1. The standard InChI is InChI=1S/C42H51NO15/c1-8-42(50)15-27(30-21(32(42)39(49)51-7)13-22-31(35(30)48)34(47)29-20(33(22)46)10-9-11-24(29)44)55-28-14-23(43(5)6)37(19(4)54-28)58-41-38-26(12-17(2)53-41)56-40-36(57-38)18(3)25(45)16-52-40/h9-11,13,17-19,23,26-28,32,36-38,40-41,44,48,50H,8,12,14-16H2,1-7H3/t17-,18-,19-,23+,26-,27+,28-,32+,36-,37+,38+,40-,41-,42-/m1/s1. The van der Waals surface area contributed by atoms with Gasteiger partial charge >= 0.3 is 5.97 Å². The van der Waals surface area contributed by atoms with Gasteiger partial charge in [-0.25, -0.2) is 0 Å². The van der Waals surface area contributed by atoms with Gasteiger partial charge in [0.2, 0.25) is 5.78 Å². The van der Waals surface area contributed by atoms with Crippen LogP contribution in [0.5, 0.6) is 11.5 Å². The van der Waals surface area contributed by atoms with Crippen LogP contribution < -0.4 is 0 Å². The molecule has 2 aromatic rings. The number of Topliss-reactive ketones (excluding diaryl/α,β-unsaturated/α-hetero) is 1. The molecular weight excluding hydrogens is 758 g/mol. The Morgan fingerprint density at radius 2 is 1.71 bits per heavy atom. The maximum Gasteiger partial charge on any atom is 0.316 e. The van der Waals surface area contributed by atoms with Gasteiger partial charge in [0, 0.05) is 47.9 Å². The lowest BCUT2D eigenvalue weighted by Gasteiger charge is -2.52. The fourth-order valence-corrected chi connectivity index (χ4v) is 9.69. The summed E-state index contributed by atoms with van der Waals surface area (Å²) in [6.07, 6.45) is -6.10. The predicted molar refractivity (Wildman–Crippen MR) is 199 cm³/mol. The molecule has 4 heterocycles. The largest absolute Gasteiger partial charge is 0.507 e. The van der Waals surface area contributed by atoms with Crippen LogP contribution in [0.25, 0.3) is 0 Å². The van der Waals surface area contributed by atoms with Crippen LogP contribution in [-0.4, -0.2) is 138 Å². The Morgan fingerprint density at radius 3 is 2.41 bits per heavy atom. The van der Waals surface area contributed by atoms with Crippen molar-refractivity contribution in [1.29, 1.82) is 0 Å². The predicted octanol–water partition coefficient (Wildman–Crippen LogP) is 3.03. The second-order valence-electron chi connectivity index (χ2n) is 16.6. The summed E-state index contributed by atoms with van der Waals surface area (Å²) in [5, 5.41) is 34.8. The first kappa shape index (κ1) is 40.9. The third-order valence-corrected chi connectivity index (χ3v) is 12.9. The second kappa shape index (κ2) is 15.3. The van der Waals surface area contributed by atoms with Crippen LogP contribution in [0.4, 0.5) is 0 Å². The first-order valence-electron chi connectivity index (χ1n) is 19.9. The minimum atomic E-state index is -1.76. The fraction of sp³-hybridized carbons (Fsp3) is 0.619. The maximum atomic E-state index is 14.0. The molecule has 4 saturated heterocycles. The molecule has 14 atom stereocenters. The molecule has 2 aromatic carbocycles. The van der Waals surface area contributed by atoms with E-state index in [9.17, 15) is 34.5 Å². The number of methoxy groups -OCH3 is 1. The van der Waals surface area contributed by atoms with Crippen LogP contribution in [0, 0.1) is 5.92 Å². The number of rotatable bonds is 7. The highest BCUT2D eigenvalue weighted by Crippen LogP contribution is 2.54. The summed E-state index contributed by atoms with van der Waals surface area (Å²) in [6, 6.07) is 5.13. The van der Waals surface area contributed by atoms with Gasteiger partial charge in [-0.1, -0.05) is 26.0 Å². The Bertz CT molecular complexity index is 2000. The highest BCUT2D eigenvalue weighted by Gasteiger charge is 2.55. The number of hydrogen-bond donors (Lipinski definition) is 3. The molecule has 0 bridgehead atoms. The molecule has 3 N–H and O–H groups in total. The number of ketones is 3. The van der Waals surface area contributed by atoms with Crippen LogP contribution in [0.1, 0.15) is 108 Å². The van der Waals surface area contributed by atoms with Crippen molar-refractivity contribution < 1.29 is 72.4 Å². The van der Waals surface area contributed by atoms with E-state index in [2.05, 4.69) is 0 Å². The van der Waals surface area contributed by atoms with Crippen molar-refractivity contribution in [3.63, 3.8) is 0 Å². The van der Waals surface area contributed by atoms with E-state index in [1.54, 1.807) is 13.8 Å². The van der Waals surface area contributed by atoms with Crippen LogP contribution in [-0.2, 0) is 47.5 Å². The topological polar surface area (TPSA) is 206 Å². The molecule has 6 aliphatic rings. The van der Waals surface area contributed by atoms with Gasteiger partial charge in [0.05, 0.1) is 48.3 Å². The van der Waals surface area contributed by atoms with Crippen LogP contribution in [0.3, 0.4) is 0 Å². The van der Waals surface area contributed by atoms with E-state index in [0.29, 0.717) is 6.42 Å². The third-order valence-electron chi connectivity index (χ3n) is 12.9. The SMILES string of the molecule is CC[C@@]1(O)C[C@H](O[C@@H]2C[C@H](N(C)C)[C@@H](O[C@H]3O[C@H](C)C[C@H]4O[C@H]5OCC(=O)[C@@H](C)[C@H]5O[C@H]34)[C@@H](C)O2)c2c(cc3c(c2O)C(=O)c2c(O)cccc2C3=O)[C@H]1C(=O)OC. The Hall–Kier alpha value is -3.84. The molecule has 0 aromatic heterocycles. The molecule has 0 radical (unpaired) electrons. The summed E-state index contributed by atoms with van der Waals surface area (Å²) in [7, 11) is 4.96. The number of phenols is 2. The number of ether oxygens (including phenoxy) is 8. The van der Waals surface area contributed by atoms with Gasteiger partial charge in [0.25, 0.3) is 0 Å². The zero-order chi connectivity index (χ0) is 41.5. The lowest BCUT2D eigenvalue weighted by atomic mass is 9.67. The number of aliphatic hydroxyl groups is 1. The number of carbonyl (C=O) groups is 4. The average Bonchev–Trinajstić information content (AvgIpc) is 3.18. The zero-order valence-electron chi connectivity index (χ0n) is 33.5. The molecule has 16 nitrogen and oxygen atoms in total. The monoisotopic (exact) mass is 809 g/mol. The number of benzene rings is 2. The van der Waals surface area contributed by atoms with Crippen molar-refractivity contribution in [3.8, 4) is 11.5 Å². The highest BCUT2D eigenvalue weighted by molar-refractivity contribution is 6.30. The number of carbonyl (C=O) groups excluding carboxylic acids is 4. The molecule has 8 rings (SSSR count). The first-order chi connectivity index (χ1) is 27.6. The van der Waals surface area contributed by atoms with E-state index in [-0.39, 0.29) is 77.2 Å². The van der Waals surface area contributed by atoms with E-state index in [4.69, 9.17) is 37.9 Å². The number of likely N-dealkylation sites (N-methyl/N-ethyl adjacent to an activating group) is 1. The molecule has 58 heavy (non-hydrogen) atoms. The Labute approximate surface area is 335 Å². The maximum absolute atomic E-state index is 14.0. The van der Waals surface area contributed by atoms with Crippen molar-refractivity contribution in [1.82, 2.24) is 4.90 Å². The van der Waals surface area contributed by atoms with Crippen LogP contribution in [0.2, 0.25) is 0 Å². The first-order valence-corrected chi connectivity index (χ1v) is 19.9. The van der Waals surface area contributed by atoms with Crippen molar-refractivity contribution in [2.24, 2.45) is 5.92 Å². The van der Waals surface area contributed by atoms with Crippen molar-refractivity contribution in [3.05, 3.63) is 57.6 Å². The van der Waals surface area contributed by atoms with Gasteiger partial charge in [0.1, 0.15) is 42.3 Å². The number of hydrogen-bond acceptors (Lipinski definition) is 16. The second-order valence-corrected chi connectivity index (χ2v) is 16.6. The van der Waals surface area contributed by atoms with E-state index in [1.165, 1.54) is 31.4 Å². The Kier molecular flexibility index (Phi) is 10.8. The molecule has 16 heteroatoms. The molecule has 314 valence electrons. The number of esters is 1. The third kappa shape index (κ3) is 6.66. The van der Waals surface area contributed by atoms with E-state index >= 15 is 0 Å². The van der Waals surface area contributed by atoms with Gasteiger partial charge in [-0.2, -0.15) is 0 Å². The molecule has 4 aliphatic heterocycles. The Balaban J connectivity index is 1.10. The molecule has 0 saturated carbocycles. The summed E-state index contributed by atoms with van der Waals surface area (Å²) in [5.41, 5.74) is -2.46. The normalized spacial score (nSPS) is 38.3. The highest BCUT2D eigenvalue weighted by atomic mass is 16.8. The molecule has 2 aliphatic carbocycles. The molecule has 0 unspecified atom stereocenters. The van der Waals surface area contributed by atoms with E-state index in [1.807, 2.05) is 32.8 Å². The van der Waals surface area contributed by atoms with Crippen LogP contribution >= 0.6 is 0 Å². The van der Waals surface area contributed by atoms with Crippen molar-refractivity contribution >= 4 is 23.3 Å². The zero-order valence-corrected chi connectivity index (χ0v) is 33.5. The number of aromatic hydroxyl groups is 2. The van der Waals surface area contributed by atoms with Gasteiger partial charge < -0.3 is 58.1 Å². The van der Waals surface area contributed by atoms with Crippen molar-refractivity contribution in [2.45, 2.75) is 133 Å². The summed E-state index contributed by atoms with van der Waals surface area (Å²) in [5.74, 6) is -5.08. The van der Waals surface area contributed by atoms with E-state index < -0.39 is 102 Å². The number of fused-ring (bicyclic) bond motifs is 5. The summed E-state index contributed by atoms with van der Waals surface area (Å²) in [6.45, 7) is 7.22. The average molecular weight is 810 g/mol. The molecular formula is C42H51NO15. The van der Waals surface area contributed by atoms with Gasteiger partial charge in [-0.3, -0.25) is 19.2 Å². The summed E-state index contributed by atoms with van der Waals surface area (Å²) < 4.78 is 49.9. The quantitative estimate of drug-likeness (QED) is 0.293. The molecule has 0 spiro atoms.